The van der Waals surface area contributed by atoms with Gasteiger partial charge >= 0.3 is 0 Å². The van der Waals surface area contributed by atoms with Crippen molar-refractivity contribution in [1.82, 2.24) is 9.97 Å². The van der Waals surface area contributed by atoms with Gasteiger partial charge < -0.3 is 0 Å². The molecule has 2 heteroatoms. The summed E-state index contributed by atoms with van der Waals surface area (Å²) in [6.07, 6.45) is 4.06. The van der Waals surface area contributed by atoms with Gasteiger partial charge in [0.05, 0.1) is 0 Å². The molecule has 58 valence electrons. The van der Waals surface area contributed by atoms with E-state index >= 15 is 0 Å². The average Bonchev–Trinajstić information content (AvgIpc) is 2.34. The van der Waals surface area contributed by atoms with Gasteiger partial charge in [0.25, 0.3) is 0 Å². The van der Waals surface area contributed by atoms with Gasteiger partial charge in [-0.1, -0.05) is 6.92 Å². The van der Waals surface area contributed by atoms with Gasteiger partial charge in [-0.05, 0) is 31.2 Å². The molecule has 0 saturated carbocycles. The lowest BCUT2D eigenvalue weighted by Crippen LogP contribution is -1.96. The first kappa shape index (κ1) is 6.77. The van der Waals surface area contributed by atoms with Crippen molar-refractivity contribution >= 4 is 0 Å². The minimum Gasteiger partial charge on any atom is -0.241 e. The van der Waals surface area contributed by atoms with Gasteiger partial charge in [-0.2, -0.15) is 0 Å². The fraction of sp³-hybridized carbons (Fsp3) is 0.556. The van der Waals surface area contributed by atoms with Crippen LogP contribution in [0.1, 0.15) is 36.2 Å². The molecule has 2 nitrogen and oxygen atoms in total. The highest BCUT2D eigenvalue weighted by atomic mass is 14.8. The summed E-state index contributed by atoms with van der Waals surface area (Å²) in [6.45, 7) is 4.32. The molecule has 2 rings (SSSR count). The SMILES string of the molecule is Cc1ncnc2c1[C@@H](C)CC2. The van der Waals surface area contributed by atoms with Crippen molar-refractivity contribution in [3.8, 4) is 0 Å². The standard InChI is InChI=1S/C9H12N2/c1-6-3-4-8-9(6)7(2)10-5-11-8/h5-6H,3-4H2,1-2H3/t6-/m0/s1. The minimum absolute atomic E-state index is 0.672. The molecule has 1 heterocycles. The van der Waals surface area contributed by atoms with Gasteiger partial charge in [0.2, 0.25) is 0 Å². The third-order valence-corrected chi connectivity index (χ3v) is 2.47. The normalized spacial score (nSPS) is 21.8. The molecule has 0 radical (unpaired) electrons. The van der Waals surface area contributed by atoms with Gasteiger partial charge in [-0.15, -0.1) is 0 Å². The average molecular weight is 148 g/mol. The molecule has 11 heavy (non-hydrogen) atoms. The number of hydrogen-bond donors (Lipinski definition) is 0. The molecular weight excluding hydrogens is 136 g/mol. The number of nitrogens with zero attached hydrogens (tertiary/aromatic N) is 2. The maximum Gasteiger partial charge on any atom is 0.115 e. The van der Waals surface area contributed by atoms with E-state index in [1.165, 1.54) is 23.4 Å². The fourth-order valence-electron chi connectivity index (χ4n) is 1.87. The second-order valence-corrected chi connectivity index (χ2v) is 3.26. The molecule has 1 aliphatic rings. The Bertz CT molecular complexity index is 281. The maximum absolute atomic E-state index is 4.26. The number of fused-ring (bicyclic) bond motifs is 1. The van der Waals surface area contributed by atoms with Gasteiger partial charge in [0, 0.05) is 11.4 Å². The number of rotatable bonds is 0. The predicted molar refractivity (Wildman–Crippen MR) is 43.5 cm³/mol. The smallest absolute Gasteiger partial charge is 0.115 e. The second-order valence-electron chi connectivity index (χ2n) is 3.26. The van der Waals surface area contributed by atoms with Gasteiger partial charge in [-0.3, -0.25) is 0 Å². The Balaban J connectivity index is 2.58. The lowest BCUT2D eigenvalue weighted by atomic mass is 10.0. The molecule has 0 saturated heterocycles. The summed E-state index contributed by atoms with van der Waals surface area (Å²) >= 11 is 0. The van der Waals surface area contributed by atoms with Crippen LogP contribution < -0.4 is 0 Å². The van der Waals surface area contributed by atoms with E-state index in [0.29, 0.717) is 5.92 Å². The Morgan fingerprint density at radius 1 is 1.45 bits per heavy atom. The molecule has 0 N–H and O–H groups in total. The number of aromatic nitrogens is 2. The summed E-state index contributed by atoms with van der Waals surface area (Å²) in [6, 6.07) is 0. The number of hydrogen-bond acceptors (Lipinski definition) is 2. The van der Waals surface area contributed by atoms with Crippen LogP contribution in [0.5, 0.6) is 0 Å². The summed E-state index contributed by atoms with van der Waals surface area (Å²) in [5.41, 5.74) is 3.83. The van der Waals surface area contributed by atoms with Crippen LogP contribution in [-0.2, 0) is 6.42 Å². The summed E-state index contributed by atoms with van der Waals surface area (Å²) in [4.78, 5) is 8.45. The topological polar surface area (TPSA) is 25.8 Å². The van der Waals surface area contributed by atoms with E-state index in [1.807, 2.05) is 0 Å². The predicted octanol–water partition coefficient (Wildman–Crippen LogP) is 1.83. The molecular formula is C9H12N2. The lowest BCUT2D eigenvalue weighted by Gasteiger charge is -2.05. The molecule has 1 atom stereocenters. The summed E-state index contributed by atoms with van der Waals surface area (Å²) in [7, 11) is 0. The third kappa shape index (κ3) is 0.934. The van der Waals surface area contributed by atoms with Crippen molar-refractivity contribution in [2.24, 2.45) is 0 Å². The molecule has 0 spiro atoms. The molecule has 0 aromatic carbocycles. The van der Waals surface area contributed by atoms with Crippen molar-refractivity contribution in [1.29, 1.82) is 0 Å². The van der Waals surface area contributed by atoms with E-state index < -0.39 is 0 Å². The zero-order chi connectivity index (χ0) is 7.84. The van der Waals surface area contributed by atoms with E-state index in [4.69, 9.17) is 0 Å². The fourth-order valence-corrected chi connectivity index (χ4v) is 1.87. The maximum atomic E-state index is 4.26. The summed E-state index contributed by atoms with van der Waals surface area (Å²) < 4.78 is 0. The first-order chi connectivity index (χ1) is 5.29. The van der Waals surface area contributed by atoms with E-state index in [2.05, 4.69) is 23.8 Å². The van der Waals surface area contributed by atoms with Gasteiger partial charge in [0.15, 0.2) is 0 Å². The van der Waals surface area contributed by atoms with Crippen LogP contribution in [0, 0.1) is 6.92 Å². The highest BCUT2D eigenvalue weighted by Crippen LogP contribution is 2.32. The Labute approximate surface area is 66.7 Å². The largest absolute Gasteiger partial charge is 0.241 e. The third-order valence-electron chi connectivity index (χ3n) is 2.47. The van der Waals surface area contributed by atoms with Crippen LogP contribution >= 0.6 is 0 Å². The molecule has 1 aliphatic carbocycles. The van der Waals surface area contributed by atoms with Crippen LogP contribution in [0.4, 0.5) is 0 Å². The first-order valence-corrected chi connectivity index (χ1v) is 4.09. The molecule has 0 bridgehead atoms. The first-order valence-electron chi connectivity index (χ1n) is 4.09. The molecule has 1 aromatic heterocycles. The molecule has 0 amide bonds. The van der Waals surface area contributed by atoms with Crippen molar-refractivity contribution in [2.75, 3.05) is 0 Å². The van der Waals surface area contributed by atoms with Gasteiger partial charge in [0.1, 0.15) is 6.33 Å². The molecule has 0 aliphatic heterocycles. The molecule has 0 fully saturated rings. The monoisotopic (exact) mass is 148 g/mol. The van der Waals surface area contributed by atoms with E-state index in [0.717, 1.165) is 6.42 Å². The lowest BCUT2D eigenvalue weighted by molar-refractivity contribution is 0.741. The van der Waals surface area contributed by atoms with Crippen molar-refractivity contribution in [3.63, 3.8) is 0 Å². The molecule has 0 unspecified atom stereocenters. The van der Waals surface area contributed by atoms with Crippen LogP contribution in [0.25, 0.3) is 0 Å². The van der Waals surface area contributed by atoms with Crippen molar-refractivity contribution < 1.29 is 0 Å². The Morgan fingerprint density at radius 3 is 3.00 bits per heavy atom. The number of aryl methyl sites for hydroxylation is 2. The van der Waals surface area contributed by atoms with Crippen LogP contribution in [-0.4, -0.2) is 9.97 Å². The van der Waals surface area contributed by atoms with Crippen LogP contribution in [0.15, 0.2) is 6.33 Å². The van der Waals surface area contributed by atoms with Gasteiger partial charge in [-0.25, -0.2) is 9.97 Å². The highest BCUT2D eigenvalue weighted by molar-refractivity contribution is 5.31. The van der Waals surface area contributed by atoms with Crippen LogP contribution in [0.3, 0.4) is 0 Å². The molecule has 1 aromatic rings. The Morgan fingerprint density at radius 2 is 2.27 bits per heavy atom. The minimum atomic E-state index is 0.672. The zero-order valence-electron chi connectivity index (χ0n) is 6.96. The van der Waals surface area contributed by atoms with Crippen molar-refractivity contribution in [2.45, 2.75) is 32.6 Å². The van der Waals surface area contributed by atoms with E-state index in [-0.39, 0.29) is 0 Å². The quantitative estimate of drug-likeness (QED) is 0.561. The zero-order valence-corrected chi connectivity index (χ0v) is 6.96. The van der Waals surface area contributed by atoms with Crippen molar-refractivity contribution in [3.05, 3.63) is 23.3 Å². The summed E-state index contributed by atoms with van der Waals surface area (Å²) in [5.74, 6) is 0.672. The Kier molecular flexibility index (Phi) is 1.41. The van der Waals surface area contributed by atoms with E-state index in [9.17, 15) is 0 Å². The second kappa shape index (κ2) is 2.29. The highest BCUT2D eigenvalue weighted by Gasteiger charge is 2.21. The Hall–Kier alpha value is -0.920. The van der Waals surface area contributed by atoms with Crippen LogP contribution in [0.2, 0.25) is 0 Å². The van der Waals surface area contributed by atoms with E-state index in [1.54, 1.807) is 6.33 Å². The summed E-state index contributed by atoms with van der Waals surface area (Å²) in [5, 5.41) is 0.